The van der Waals surface area contributed by atoms with E-state index >= 15 is 0 Å². The Labute approximate surface area is 395 Å². The number of imide groups is 1. The molecule has 0 bridgehead atoms. The highest BCUT2D eigenvalue weighted by molar-refractivity contribution is 6.01. The molecule has 0 aromatic carbocycles. The Morgan fingerprint density at radius 1 is 0.453 bits per heavy atom. The maximum Gasteiger partial charge on any atom is 0.534 e. The second-order valence-electron chi connectivity index (χ2n) is 18.9. The second-order valence-corrected chi connectivity index (χ2v) is 18.9. The van der Waals surface area contributed by atoms with Gasteiger partial charge in [0.25, 0.3) is 11.8 Å². The van der Waals surface area contributed by atoms with Crippen molar-refractivity contribution in [2.24, 2.45) is 0 Å². The molecule has 1 fully saturated rings. The summed E-state index contributed by atoms with van der Waals surface area (Å²) in [6, 6.07) is 0. The van der Waals surface area contributed by atoms with Crippen molar-refractivity contribution in [1.29, 1.82) is 0 Å². The van der Waals surface area contributed by atoms with E-state index in [2.05, 4.69) is 45.1 Å². The molecule has 0 N–H and O–H groups in total. The van der Waals surface area contributed by atoms with Crippen molar-refractivity contribution in [3.63, 3.8) is 0 Å². The molecule has 374 valence electrons. The van der Waals surface area contributed by atoms with Crippen LogP contribution in [0.4, 0.5) is 4.79 Å². The van der Waals surface area contributed by atoms with Gasteiger partial charge in [-0.2, -0.15) is 0 Å². The van der Waals surface area contributed by atoms with E-state index in [4.69, 9.17) is 19.0 Å². The molecule has 8 heteroatoms. The van der Waals surface area contributed by atoms with Crippen LogP contribution in [0.15, 0.2) is 24.3 Å². The smallest absolute Gasteiger partial charge is 0.427 e. The van der Waals surface area contributed by atoms with Gasteiger partial charge in [0.05, 0.1) is 6.61 Å². The molecule has 1 rings (SSSR count). The van der Waals surface area contributed by atoms with E-state index in [1.807, 2.05) is 0 Å². The Kier molecular flexibility index (Phi) is 44.2. The van der Waals surface area contributed by atoms with E-state index in [1.165, 1.54) is 199 Å². The minimum atomic E-state index is -1.03. The van der Waals surface area contributed by atoms with Gasteiger partial charge in [-0.05, 0) is 77.0 Å². The van der Waals surface area contributed by atoms with Crippen LogP contribution in [0.25, 0.3) is 0 Å². The van der Waals surface area contributed by atoms with Crippen LogP contribution in [0, 0.1) is 0 Å². The van der Waals surface area contributed by atoms with Crippen LogP contribution in [-0.2, 0) is 28.6 Å². The Morgan fingerprint density at radius 3 is 1.20 bits per heavy atom. The number of ether oxygens (including phenoxy) is 3. The number of nitrogens with zero attached hydrogens (tertiary/aromatic N) is 1. The fourth-order valence-electron chi connectivity index (χ4n) is 8.53. The number of carbonyl (C=O) groups is 3. The van der Waals surface area contributed by atoms with E-state index in [-0.39, 0.29) is 12.8 Å². The summed E-state index contributed by atoms with van der Waals surface area (Å²) in [6.07, 6.45) is 55.5. The van der Waals surface area contributed by atoms with Gasteiger partial charge in [-0.3, -0.25) is 14.4 Å². The zero-order chi connectivity index (χ0) is 46.2. The first-order valence-electron chi connectivity index (χ1n) is 27.8. The summed E-state index contributed by atoms with van der Waals surface area (Å²) >= 11 is 0. The summed E-state index contributed by atoms with van der Waals surface area (Å²) < 4.78 is 18.6. The summed E-state index contributed by atoms with van der Waals surface area (Å²) in [4.78, 5) is 42.6. The van der Waals surface area contributed by atoms with Gasteiger partial charge in [0.15, 0.2) is 0 Å². The maximum atomic E-state index is 13.1. The first kappa shape index (κ1) is 59.8. The van der Waals surface area contributed by atoms with Crippen molar-refractivity contribution in [2.45, 2.75) is 296 Å². The van der Waals surface area contributed by atoms with E-state index < -0.39 is 30.2 Å². The van der Waals surface area contributed by atoms with Gasteiger partial charge in [0.1, 0.15) is 12.2 Å². The fraction of sp³-hybridized carbons (Fsp3) is 0.875. The number of carbonyl (C=O) groups excluding carboxylic acids is 3. The van der Waals surface area contributed by atoms with Gasteiger partial charge >= 0.3 is 6.16 Å². The van der Waals surface area contributed by atoms with Crippen LogP contribution in [0.1, 0.15) is 284 Å². The van der Waals surface area contributed by atoms with Gasteiger partial charge in [-0.15, -0.1) is 0 Å². The molecular weight excluding hydrogens is 799 g/mol. The van der Waals surface area contributed by atoms with Crippen LogP contribution in [-0.4, -0.2) is 55.1 Å². The molecule has 0 aromatic heterocycles. The summed E-state index contributed by atoms with van der Waals surface area (Å²) in [7, 11) is 0. The highest BCUT2D eigenvalue weighted by Gasteiger charge is 2.35. The summed E-state index contributed by atoms with van der Waals surface area (Å²) in [6.45, 7) is 8.34. The molecule has 1 saturated heterocycles. The highest BCUT2D eigenvalue weighted by atomic mass is 16.8. The average Bonchev–Trinajstić information content (AvgIpc) is 3.61. The third kappa shape index (κ3) is 38.0. The van der Waals surface area contributed by atoms with Crippen LogP contribution >= 0.6 is 0 Å². The van der Waals surface area contributed by atoms with Crippen LogP contribution in [0.5, 0.6) is 0 Å². The van der Waals surface area contributed by atoms with Gasteiger partial charge < -0.3 is 14.2 Å². The van der Waals surface area contributed by atoms with Crippen LogP contribution in [0.3, 0.4) is 0 Å². The fourth-order valence-corrected chi connectivity index (χ4v) is 8.53. The Morgan fingerprint density at radius 2 is 0.797 bits per heavy atom. The van der Waals surface area contributed by atoms with E-state index in [1.54, 1.807) is 0 Å². The topological polar surface area (TPSA) is 91.4 Å². The monoisotopic (exact) mass is 902 g/mol. The molecule has 1 aliphatic heterocycles. The lowest BCUT2D eigenvalue weighted by Gasteiger charge is -2.27. The second kappa shape index (κ2) is 47.3. The molecular formula is C56H103NO7. The lowest BCUT2D eigenvalue weighted by atomic mass is 10.0. The summed E-state index contributed by atoms with van der Waals surface area (Å²) in [5, 5.41) is 0.563. The molecule has 0 aliphatic carbocycles. The van der Waals surface area contributed by atoms with Crippen LogP contribution in [0.2, 0.25) is 0 Å². The zero-order valence-corrected chi connectivity index (χ0v) is 42.4. The van der Waals surface area contributed by atoms with Gasteiger partial charge in [0.2, 0.25) is 0 Å². The molecule has 0 saturated carbocycles. The predicted molar refractivity (Wildman–Crippen MR) is 268 cm³/mol. The van der Waals surface area contributed by atoms with Crippen molar-refractivity contribution >= 4 is 18.0 Å². The molecule has 0 radical (unpaired) electrons. The van der Waals surface area contributed by atoms with Crippen molar-refractivity contribution in [3.8, 4) is 0 Å². The SMILES string of the molecule is CCCCCCCC/C=C\CCCCCCCCOCC(OCCCCCCCC/C=C\CCCCCCCC)C(CCCCCCCCCCCC)OC(=O)ON1C(=O)CCC1=O. The molecule has 8 nitrogen and oxygen atoms in total. The van der Waals surface area contributed by atoms with Gasteiger partial charge in [-0.25, -0.2) is 4.79 Å². The number of rotatable bonds is 49. The first-order chi connectivity index (χ1) is 31.5. The molecule has 0 aromatic rings. The quantitative estimate of drug-likeness (QED) is 0.0260. The normalized spacial score (nSPS) is 14.1. The number of hydrogen-bond donors (Lipinski definition) is 0. The number of unbranched alkanes of at least 4 members (excludes halogenated alkanes) is 33. The zero-order valence-electron chi connectivity index (χ0n) is 42.4. The summed E-state index contributed by atoms with van der Waals surface area (Å²) in [5.41, 5.74) is 0. The molecule has 64 heavy (non-hydrogen) atoms. The van der Waals surface area contributed by atoms with Crippen molar-refractivity contribution in [3.05, 3.63) is 24.3 Å². The molecule has 0 spiro atoms. The van der Waals surface area contributed by atoms with Gasteiger partial charge in [-0.1, -0.05) is 224 Å². The molecule has 1 aliphatic rings. The van der Waals surface area contributed by atoms with E-state index in [0.29, 0.717) is 31.3 Å². The third-order valence-corrected chi connectivity index (χ3v) is 12.7. The van der Waals surface area contributed by atoms with Crippen molar-refractivity contribution in [1.82, 2.24) is 5.06 Å². The van der Waals surface area contributed by atoms with Gasteiger partial charge in [0, 0.05) is 26.1 Å². The van der Waals surface area contributed by atoms with Crippen molar-refractivity contribution in [2.75, 3.05) is 19.8 Å². The number of hydrogen-bond acceptors (Lipinski definition) is 7. The molecule has 2 unspecified atom stereocenters. The van der Waals surface area contributed by atoms with E-state index in [9.17, 15) is 14.4 Å². The predicted octanol–water partition coefficient (Wildman–Crippen LogP) is 17.4. The lowest BCUT2D eigenvalue weighted by molar-refractivity contribution is -0.182. The summed E-state index contributed by atoms with van der Waals surface area (Å²) in [5.74, 6) is -1.03. The van der Waals surface area contributed by atoms with Crippen molar-refractivity contribution < 1.29 is 33.4 Å². The maximum absolute atomic E-state index is 13.1. The molecule has 2 amide bonds. The Hall–Kier alpha value is -2.19. The lowest BCUT2D eigenvalue weighted by Crippen LogP contribution is -2.40. The van der Waals surface area contributed by atoms with Crippen LogP contribution < -0.4 is 0 Å². The number of hydroxylamine groups is 2. The first-order valence-corrected chi connectivity index (χ1v) is 27.8. The number of allylic oxidation sites excluding steroid dienone is 4. The average molecular weight is 902 g/mol. The van der Waals surface area contributed by atoms with E-state index in [0.717, 1.165) is 44.9 Å². The Balaban J connectivity index is 2.57. The molecule has 2 atom stereocenters. The standard InChI is InChI=1S/C56H103NO7/c1-4-7-10-13-16-19-22-24-26-28-30-32-35-38-41-44-49-61-51-53(62-50-45-42-39-36-33-31-29-27-25-23-20-17-14-11-8-5-2)52(46-43-40-37-34-21-18-15-12-9-6-3)63-56(60)64-57-54(58)47-48-55(57)59/h24-27,52-53H,4-23,28-51H2,1-3H3/b26-24-,27-25-. The molecule has 1 heterocycles. The Bertz CT molecular complexity index is 1090. The highest BCUT2D eigenvalue weighted by Crippen LogP contribution is 2.21. The third-order valence-electron chi connectivity index (χ3n) is 12.7. The number of amides is 2. The minimum Gasteiger partial charge on any atom is -0.427 e. The largest absolute Gasteiger partial charge is 0.534 e. The minimum absolute atomic E-state index is 0.0424.